The van der Waals surface area contributed by atoms with Crippen LogP contribution in [0.15, 0.2) is 35.7 Å². The quantitative estimate of drug-likeness (QED) is 0.567. The van der Waals surface area contributed by atoms with Gasteiger partial charge >= 0.3 is 0 Å². The lowest BCUT2D eigenvalue weighted by Gasteiger charge is -2.02. The Labute approximate surface area is 72.1 Å². The number of rotatable bonds is 4. The van der Waals surface area contributed by atoms with Gasteiger partial charge in [-0.1, -0.05) is 38.1 Å². The Hall–Kier alpha value is -0.560. The molecule has 11 heavy (non-hydrogen) atoms. The molecule has 0 saturated carbocycles. The molecule has 0 aromatic carbocycles. The monoisotopic (exact) mass is 174 g/mol. The average Bonchev–Trinajstić information content (AvgIpc) is 1.98. The first-order chi connectivity index (χ1) is 5.13. The molecule has 0 amide bonds. The Bertz CT molecular complexity index is 192. The van der Waals surface area contributed by atoms with Gasteiger partial charge in [-0.15, -0.1) is 0 Å². The van der Waals surface area contributed by atoms with E-state index in [0.29, 0.717) is 12.0 Å². The Morgan fingerprint density at radius 3 is 2.45 bits per heavy atom. The fourth-order valence-electron chi connectivity index (χ4n) is 0.758. The summed E-state index contributed by atoms with van der Waals surface area (Å²) in [6.07, 6.45) is 2.61. The van der Waals surface area contributed by atoms with Crippen molar-refractivity contribution < 1.29 is 4.39 Å². The van der Waals surface area contributed by atoms with Crippen LogP contribution in [0, 0.1) is 0 Å². The Balaban J connectivity index is 4.56. The van der Waals surface area contributed by atoms with Gasteiger partial charge in [0.25, 0.3) is 0 Å². The van der Waals surface area contributed by atoms with Gasteiger partial charge in [0, 0.05) is 10.6 Å². The first-order valence-corrected chi connectivity index (χ1v) is 3.87. The standard InChI is InChI=1S/C9H12ClF/c1-4-6-8(7(3)10)9(11)5-2/h5H,2-4,6H2,1H3/b9-8+. The third-order valence-electron chi connectivity index (χ3n) is 1.29. The largest absolute Gasteiger partial charge is 0.207 e. The molecule has 0 radical (unpaired) electrons. The molecule has 0 aliphatic heterocycles. The average molecular weight is 175 g/mol. The molecule has 0 atom stereocenters. The zero-order chi connectivity index (χ0) is 8.85. The second-order valence-corrected chi connectivity index (χ2v) is 2.64. The number of hydrogen-bond acceptors (Lipinski definition) is 0. The summed E-state index contributed by atoms with van der Waals surface area (Å²) in [5.74, 6) is -0.369. The van der Waals surface area contributed by atoms with E-state index in [1.807, 2.05) is 6.92 Å². The fourth-order valence-corrected chi connectivity index (χ4v) is 0.943. The van der Waals surface area contributed by atoms with Crippen LogP contribution >= 0.6 is 11.6 Å². The summed E-state index contributed by atoms with van der Waals surface area (Å²) in [7, 11) is 0. The summed E-state index contributed by atoms with van der Waals surface area (Å²) in [5, 5.41) is 0.268. The molecule has 0 unspecified atom stereocenters. The number of hydrogen-bond donors (Lipinski definition) is 0. The van der Waals surface area contributed by atoms with Crippen molar-refractivity contribution in [1.29, 1.82) is 0 Å². The van der Waals surface area contributed by atoms with Crippen molar-refractivity contribution in [1.82, 2.24) is 0 Å². The Kier molecular flexibility index (Phi) is 4.88. The third kappa shape index (κ3) is 3.38. The summed E-state index contributed by atoms with van der Waals surface area (Å²) in [4.78, 5) is 0. The first-order valence-electron chi connectivity index (χ1n) is 3.49. The van der Waals surface area contributed by atoms with Crippen LogP contribution in [0.3, 0.4) is 0 Å². The van der Waals surface area contributed by atoms with Gasteiger partial charge < -0.3 is 0 Å². The van der Waals surface area contributed by atoms with Gasteiger partial charge in [-0.2, -0.15) is 0 Å². The van der Waals surface area contributed by atoms with E-state index in [2.05, 4.69) is 13.2 Å². The topological polar surface area (TPSA) is 0 Å². The van der Waals surface area contributed by atoms with E-state index < -0.39 is 0 Å². The predicted octanol–water partition coefficient (Wildman–Crippen LogP) is 3.95. The van der Waals surface area contributed by atoms with E-state index in [4.69, 9.17) is 11.6 Å². The van der Waals surface area contributed by atoms with Crippen molar-refractivity contribution >= 4 is 11.6 Å². The molecular formula is C9H12ClF. The highest BCUT2D eigenvalue weighted by molar-refractivity contribution is 6.31. The molecule has 0 saturated heterocycles. The smallest absolute Gasteiger partial charge is 0.127 e. The molecule has 0 N–H and O–H groups in total. The van der Waals surface area contributed by atoms with Crippen LogP contribution in [0.5, 0.6) is 0 Å². The van der Waals surface area contributed by atoms with Gasteiger partial charge in [0.1, 0.15) is 5.83 Å². The maximum atomic E-state index is 12.9. The Morgan fingerprint density at radius 1 is 1.64 bits per heavy atom. The van der Waals surface area contributed by atoms with Crippen LogP contribution in [0.2, 0.25) is 0 Å². The molecular weight excluding hydrogens is 163 g/mol. The molecule has 0 aromatic heterocycles. The lowest BCUT2D eigenvalue weighted by atomic mass is 10.1. The lowest BCUT2D eigenvalue weighted by Crippen LogP contribution is -1.84. The fraction of sp³-hybridized carbons (Fsp3) is 0.333. The molecule has 0 nitrogen and oxygen atoms in total. The maximum absolute atomic E-state index is 12.9. The van der Waals surface area contributed by atoms with Gasteiger partial charge in [0.15, 0.2) is 0 Å². The summed E-state index contributed by atoms with van der Waals surface area (Å²) in [5.41, 5.74) is 0.462. The molecule has 0 aromatic rings. The van der Waals surface area contributed by atoms with Crippen LogP contribution in [0.25, 0.3) is 0 Å². The highest BCUT2D eigenvalue weighted by Crippen LogP contribution is 2.23. The normalized spacial score (nSPS) is 12.3. The van der Waals surface area contributed by atoms with Crippen molar-refractivity contribution in [3.8, 4) is 0 Å². The summed E-state index contributed by atoms with van der Waals surface area (Å²) < 4.78 is 12.9. The highest BCUT2D eigenvalue weighted by Gasteiger charge is 2.04. The zero-order valence-corrected chi connectivity index (χ0v) is 7.42. The van der Waals surface area contributed by atoms with E-state index in [0.717, 1.165) is 12.5 Å². The summed E-state index contributed by atoms with van der Waals surface area (Å²) >= 11 is 5.56. The number of allylic oxidation sites excluding steroid dienone is 4. The third-order valence-corrected chi connectivity index (χ3v) is 1.52. The van der Waals surface area contributed by atoms with E-state index in [-0.39, 0.29) is 10.9 Å². The van der Waals surface area contributed by atoms with Crippen molar-refractivity contribution in [3.05, 3.63) is 35.7 Å². The second kappa shape index (κ2) is 5.14. The Morgan fingerprint density at radius 2 is 2.18 bits per heavy atom. The van der Waals surface area contributed by atoms with Gasteiger partial charge in [-0.05, 0) is 12.5 Å². The van der Waals surface area contributed by atoms with Crippen LogP contribution in [-0.2, 0) is 0 Å². The SMILES string of the molecule is C=C/C(F)=C(/CCC)C(=C)Cl. The van der Waals surface area contributed by atoms with Crippen LogP contribution in [-0.4, -0.2) is 0 Å². The summed E-state index contributed by atoms with van der Waals surface area (Å²) in [6, 6.07) is 0. The van der Waals surface area contributed by atoms with Gasteiger partial charge in [0.2, 0.25) is 0 Å². The molecule has 0 bridgehead atoms. The predicted molar refractivity (Wildman–Crippen MR) is 48.2 cm³/mol. The minimum absolute atomic E-state index is 0.268. The molecule has 0 spiro atoms. The van der Waals surface area contributed by atoms with Crippen molar-refractivity contribution in [2.24, 2.45) is 0 Å². The van der Waals surface area contributed by atoms with Crippen molar-refractivity contribution in [3.63, 3.8) is 0 Å². The molecule has 2 heteroatoms. The van der Waals surface area contributed by atoms with E-state index in [1.165, 1.54) is 0 Å². The van der Waals surface area contributed by atoms with E-state index in [1.54, 1.807) is 0 Å². The van der Waals surface area contributed by atoms with Crippen LogP contribution < -0.4 is 0 Å². The van der Waals surface area contributed by atoms with Crippen molar-refractivity contribution in [2.45, 2.75) is 19.8 Å². The van der Waals surface area contributed by atoms with Crippen LogP contribution in [0.4, 0.5) is 4.39 Å². The molecule has 0 fully saturated rings. The minimum atomic E-state index is -0.369. The van der Waals surface area contributed by atoms with Crippen molar-refractivity contribution in [2.75, 3.05) is 0 Å². The zero-order valence-electron chi connectivity index (χ0n) is 6.66. The summed E-state index contributed by atoms with van der Waals surface area (Å²) in [6.45, 7) is 8.73. The van der Waals surface area contributed by atoms with E-state index in [9.17, 15) is 4.39 Å². The van der Waals surface area contributed by atoms with Gasteiger partial charge in [-0.3, -0.25) is 0 Å². The first kappa shape index (κ1) is 10.4. The molecule has 0 aliphatic rings. The molecule has 0 rings (SSSR count). The van der Waals surface area contributed by atoms with Crippen LogP contribution in [0.1, 0.15) is 19.8 Å². The van der Waals surface area contributed by atoms with Gasteiger partial charge in [0.05, 0.1) is 0 Å². The second-order valence-electron chi connectivity index (χ2n) is 2.19. The van der Waals surface area contributed by atoms with Gasteiger partial charge in [-0.25, -0.2) is 4.39 Å². The minimum Gasteiger partial charge on any atom is -0.207 e. The molecule has 62 valence electrons. The molecule has 0 aliphatic carbocycles. The maximum Gasteiger partial charge on any atom is 0.127 e. The number of halogens is 2. The highest BCUT2D eigenvalue weighted by atomic mass is 35.5. The lowest BCUT2D eigenvalue weighted by molar-refractivity contribution is 0.648. The van der Waals surface area contributed by atoms with E-state index >= 15 is 0 Å². The molecule has 0 heterocycles.